The molecule has 4 rings (SSSR count). The molecule has 1 heterocycles. The number of para-hydroxylation sites is 1. The normalized spacial score (nSPS) is 13.6. The van der Waals surface area contributed by atoms with Gasteiger partial charge in [-0.25, -0.2) is 8.42 Å². The number of nitrogens with one attached hydrogen (secondary N) is 1. The number of fused-ring (bicyclic) bond motifs is 1. The summed E-state index contributed by atoms with van der Waals surface area (Å²) in [6, 6.07) is 20.9. The van der Waals surface area contributed by atoms with Crippen LogP contribution in [0.5, 0.6) is 0 Å². The van der Waals surface area contributed by atoms with Gasteiger partial charge in [-0.2, -0.15) is 0 Å². The molecule has 0 atom stereocenters. The number of halogens is 1. The van der Waals surface area contributed by atoms with Gasteiger partial charge in [-0.1, -0.05) is 40.2 Å². The van der Waals surface area contributed by atoms with Crippen molar-refractivity contribution in [2.75, 3.05) is 16.2 Å². The van der Waals surface area contributed by atoms with E-state index in [1.54, 1.807) is 24.3 Å². The fourth-order valence-corrected chi connectivity index (χ4v) is 5.26. The van der Waals surface area contributed by atoms with Crippen molar-refractivity contribution in [3.63, 3.8) is 0 Å². The molecule has 0 saturated heterocycles. The van der Waals surface area contributed by atoms with Crippen LogP contribution in [0.2, 0.25) is 0 Å². The molecule has 0 spiro atoms. The molecule has 0 fully saturated rings. The summed E-state index contributed by atoms with van der Waals surface area (Å²) >= 11 is 3.35. The van der Waals surface area contributed by atoms with E-state index in [-0.39, 0.29) is 10.8 Å². The zero-order valence-corrected chi connectivity index (χ0v) is 17.9. The molecule has 0 aliphatic carbocycles. The molecule has 0 aromatic heterocycles. The predicted molar refractivity (Wildman–Crippen MR) is 118 cm³/mol. The third kappa shape index (κ3) is 4.06. The Morgan fingerprint density at radius 2 is 1.72 bits per heavy atom. The van der Waals surface area contributed by atoms with Gasteiger partial charge in [-0.3, -0.25) is 9.10 Å². The highest BCUT2D eigenvalue weighted by Crippen LogP contribution is 2.32. The average Bonchev–Trinajstić information content (AvgIpc) is 2.75. The first kappa shape index (κ1) is 19.7. The molecular weight excluding hydrogens is 452 g/mol. The average molecular weight is 471 g/mol. The number of rotatable bonds is 4. The third-order valence-electron chi connectivity index (χ3n) is 4.85. The predicted octanol–water partition coefficient (Wildman–Crippen LogP) is 4.84. The van der Waals surface area contributed by atoms with E-state index in [0.717, 1.165) is 22.9 Å². The number of nitrogens with zero attached hydrogens (tertiary/aromatic N) is 1. The SMILES string of the molecule is O=C(Nc1ccc(Br)cc1)c1cccc(S(=O)(=O)N2CCCc3ccccc32)c1. The molecule has 5 nitrogen and oxygen atoms in total. The Balaban J connectivity index is 1.63. The minimum atomic E-state index is -3.76. The monoisotopic (exact) mass is 470 g/mol. The second-order valence-electron chi connectivity index (χ2n) is 6.80. The lowest BCUT2D eigenvalue weighted by Gasteiger charge is -2.30. The highest BCUT2D eigenvalue weighted by atomic mass is 79.9. The summed E-state index contributed by atoms with van der Waals surface area (Å²) in [7, 11) is -3.76. The highest BCUT2D eigenvalue weighted by molar-refractivity contribution is 9.10. The molecule has 0 saturated carbocycles. The van der Waals surface area contributed by atoms with Crippen molar-refractivity contribution in [3.05, 3.63) is 88.4 Å². The summed E-state index contributed by atoms with van der Waals surface area (Å²) < 4.78 is 29.0. The molecule has 1 aliphatic heterocycles. The van der Waals surface area contributed by atoms with Crippen molar-refractivity contribution in [1.29, 1.82) is 0 Å². The Kier molecular flexibility index (Phi) is 5.43. The van der Waals surface area contributed by atoms with Crippen LogP contribution in [0.25, 0.3) is 0 Å². The third-order valence-corrected chi connectivity index (χ3v) is 7.19. The first-order valence-electron chi connectivity index (χ1n) is 9.23. The number of amides is 1. The van der Waals surface area contributed by atoms with Crippen molar-refractivity contribution in [3.8, 4) is 0 Å². The van der Waals surface area contributed by atoms with Gasteiger partial charge in [0, 0.05) is 22.3 Å². The Bertz CT molecular complexity index is 1160. The first-order valence-corrected chi connectivity index (χ1v) is 11.5. The maximum atomic E-state index is 13.3. The molecule has 148 valence electrons. The Morgan fingerprint density at radius 1 is 0.966 bits per heavy atom. The molecule has 3 aromatic carbocycles. The lowest BCUT2D eigenvalue weighted by Crippen LogP contribution is -2.35. The van der Waals surface area contributed by atoms with Gasteiger partial charge in [-0.05, 0) is 66.9 Å². The quantitative estimate of drug-likeness (QED) is 0.592. The van der Waals surface area contributed by atoms with Gasteiger partial charge in [0.25, 0.3) is 15.9 Å². The van der Waals surface area contributed by atoms with Crippen LogP contribution in [-0.4, -0.2) is 20.9 Å². The van der Waals surface area contributed by atoms with Gasteiger partial charge in [0.05, 0.1) is 10.6 Å². The van der Waals surface area contributed by atoms with Crippen LogP contribution in [0.15, 0.2) is 82.2 Å². The molecule has 0 radical (unpaired) electrons. The molecule has 1 aliphatic rings. The second-order valence-corrected chi connectivity index (χ2v) is 9.58. The van der Waals surface area contributed by atoms with Gasteiger partial charge in [0.2, 0.25) is 0 Å². The summed E-state index contributed by atoms with van der Waals surface area (Å²) in [5, 5.41) is 2.79. The summed E-state index contributed by atoms with van der Waals surface area (Å²) in [5.41, 5.74) is 2.66. The van der Waals surface area contributed by atoms with Crippen LogP contribution in [0.4, 0.5) is 11.4 Å². The van der Waals surface area contributed by atoms with Gasteiger partial charge in [-0.15, -0.1) is 0 Å². The number of carbonyl (C=O) groups excluding carboxylic acids is 1. The standard InChI is InChI=1S/C22H19BrN2O3S/c23-18-10-12-19(13-11-18)24-22(26)17-6-3-8-20(15-17)29(27,28)25-14-4-7-16-5-1-2-9-21(16)25/h1-3,5-6,8-13,15H,4,7,14H2,(H,24,26). The molecule has 29 heavy (non-hydrogen) atoms. The summed E-state index contributed by atoms with van der Waals surface area (Å²) in [6.45, 7) is 0.425. The second kappa shape index (κ2) is 8.00. The maximum Gasteiger partial charge on any atom is 0.264 e. The van der Waals surface area contributed by atoms with Crippen molar-refractivity contribution in [2.45, 2.75) is 17.7 Å². The van der Waals surface area contributed by atoms with E-state index in [1.807, 2.05) is 36.4 Å². The van der Waals surface area contributed by atoms with Gasteiger partial charge < -0.3 is 5.32 Å². The number of aryl methyl sites for hydroxylation is 1. The molecule has 1 N–H and O–H groups in total. The maximum absolute atomic E-state index is 13.3. The molecule has 1 amide bonds. The zero-order valence-electron chi connectivity index (χ0n) is 15.5. The van der Waals surface area contributed by atoms with Crippen molar-refractivity contribution in [1.82, 2.24) is 0 Å². The number of carbonyl (C=O) groups is 1. The van der Waals surface area contributed by atoms with Crippen LogP contribution in [0, 0.1) is 0 Å². The van der Waals surface area contributed by atoms with Gasteiger partial charge in [0.1, 0.15) is 0 Å². The molecule has 7 heteroatoms. The van der Waals surface area contributed by atoms with E-state index in [4.69, 9.17) is 0 Å². The lowest BCUT2D eigenvalue weighted by atomic mass is 10.0. The van der Waals surface area contributed by atoms with E-state index < -0.39 is 10.0 Å². The summed E-state index contributed by atoms with van der Waals surface area (Å²) in [4.78, 5) is 12.7. The van der Waals surface area contributed by atoms with Crippen LogP contribution < -0.4 is 9.62 Å². The lowest BCUT2D eigenvalue weighted by molar-refractivity contribution is 0.102. The summed E-state index contributed by atoms with van der Waals surface area (Å²) in [5.74, 6) is -0.358. The molecular formula is C22H19BrN2O3S. The van der Waals surface area contributed by atoms with E-state index in [0.29, 0.717) is 23.5 Å². The topological polar surface area (TPSA) is 66.5 Å². The minimum absolute atomic E-state index is 0.109. The fraction of sp³-hybridized carbons (Fsp3) is 0.136. The van der Waals surface area contributed by atoms with Crippen molar-refractivity contribution < 1.29 is 13.2 Å². The number of sulfonamides is 1. The van der Waals surface area contributed by atoms with E-state index >= 15 is 0 Å². The molecule has 3 aromatic rings. The van der Waals surface area contributed by atoms with Gasteiger partial charge in [0.15, 0.2) is 0 Å². The van der Waals surface area contributed by atoms with Crippen molar-refractivity contribution >= 4 is 43.2 Å². The fourth-order valence-electron chi connectivity index (χ4n) is 3.41. The smallest absolute Gasteiger partial charge is 0.264 e. The Hall–Kier alpha value is -2.64. The van der Waals surface area contributed by atoms with Crippen LogP contribution in [0.1, 0.15) is 22.3 Å². The van der Waals surface area contributed by atoms with E-state index in [1.165, 1.54) is 16.4 Å². The Morgan fingerprint density at radius 3 is 2.52 bits per heavy atom. The Labute approximate surface area is 178 Å². The number of benzene rings is 3. The minimum Gasteiger partial charge on any atom is -0.322 e. The first-order chi connectivity index (χ1) is 13.9. The number of anilines is 2. The van der Waals surface area contributed by atoms with Crippen LogP contribution >= 0.6 is 15.9 Å². The number of hydrogen-bond acceptors (Lipinski definition) is 3. The van der Waals surface area contributed by atoms with Crippen molar-refractivity contribution in [2.24, 2.45) is 0 Å². The van der Waals surface area contributed by atoms with Crippen LogP contribution in [0.3, 0.4) is 0 Å². The highest BCUT2D eigenvalue weighted by Gasteiger charge is 2.29. The van der Waals surface area contributed by atoms with E-state index in [2.05, 4.69) is 21.2 Å². The zero-order chi connectivity index (χ0) is 20.4. The molecule has 0 unspecified atom stereocenters. The van der Waals surface area contributed by atoms with Gasteiger partial charge >= 0.3 is 0 Å². The van der Waals surface area contributed by atoms with Crippen LogP contribution in [-0.2, 0) is 16.4 Å². The summed E-state index contributed by atoms with van der Waals surface area (Å²) in [6.07, 6.45) is 1.62. The largest absolute Gasteiger partial charge is 0.322 e. The number of hydrogen-bond donors (Lipinski definition) is 1. The van der Waals surface area contributed by atoms with E-state index in [9.17, 15) is 13.2 Å². The molecule has 0 bridgehead atoms.